The minimum absolute atomic E-state index is 0.432. The summed E-state index contributed by atoms with van der Waals surface area (Å²) in [7, 11) is 0. The number of halogens is 1. The largest absolute Gasteiger partial charge is 0.276 e. The van der Waals surface area contributed by atoms with Crippen LogP contribution in [0, 0.1) is 13.8 Å². The molecule has 0 saturated heterocycles. The van der Waals surface area contributed by atoms with Crippen LogP contribution in [0.5, 0.6) is 0 Å². The van der Waals surface area contributed by atoms with Crippen molar-refractivity contribution in [2.45, 2.75) is 13.8 Å². The zero-order valence-corrected chi connectivity index (χ0v) is 8.50. The molecule has 0 unspecified atom stereocenters. The van der Waals surface area contributed by atoms with Crippen molar-refractivity contribution < 1.29 is 4.79 Å². The smallest absolute Gasteiger partial charge is 0.245 e. The van der Waals surface area contributed by atoms with E-state index in [4.69, 9.17) is 11.6 Å². The van der Waals surface area contributed by atoms with Gasteiger partial charge >= 0.3 is 0 Å². The van der Waals surface area contributed by atoms with Crippen LogP contribution < -0.4 is 0 Å². The second-order valence-electron chi connectivity index (χ2n) is 2.51. The highest BCUT2D eigenvalue weighted by molar-refractivity contribution is 7.12. The minimum Gasteiger partial charge on any atom is -0.276 e. The summed E-state index contributed by atoms with van der Waals surface area (Å²) in [5, 5.41) is -0.432. The summed E-state index contributed by atoms with van der Waals surface area (Å²) in [5.41, 5.74) is 1.08. The van der Waals surface area contributed by atoms with Gasteiger partial charge in [0.25, 0.3) is 0 Å². The van der Waals surface area contributed by atoms with E-state index in [1.54, 1.807) is 17.4 Å². The zero-order valence-electron chi connectivity index (χ0n) is 6.93. The summed E-state index contributed by atoms with van der Waals surface area (Å²) in [6.07, 6.45) is 3.12. The van der Waals surface area contributed by atoms with E-state index < -0.39 is 5.24 Å². The lowest BCUT2D eigenvalue weighted by Crippen LogP contribution is -1.75. The molecule has 0 spiro atoms. The monoisotopic (exact) mass is 200 g/mol. The standard InChI is InChI=1S/C9H9ClOS/c1-6-5-8(7(2)12-6)3-4-9(10)11/h3-5H,1-2H3/b4-3+. The van der Waals surface area contributed by atoms with Crippen molar-refractivity contribution in [2.24, 2.45) is 0 Å². The average Bonchev–Trinajstić information content (AvgIpc) is 2.26. The van der Waals surface area contributed by atoms with Gasteiger partial charge in [0, 0.05) is 9.75 Å². The maximum atomic E-state index is 10.4. The molecule has 0 amide bonds. The van der Waals surface area contributed by atoms with Crippen LogP contribution in [0.3, 0.4) is 0 Å². The highest BCUT2D eigenvalue weighted by Gasteiger charge is 1.98. The molecule has 12 heavy (non-hydrogen) atoms. The topological polar surface area (TPSA) is 17.1 Å². The third-order valence-electron chi connectivity index (χ3n) is 1.47. The van der Waals surface area contributed by atoms with Gasteiger partial charge in [0.2, 0.25) is 5.24 Å². The molecule has 1 aromatic rings. The lowest BCUT2D eigenvalue weighted by atomic mass is 10.2. The Morgan fingerprint density at radius 2 is 2.25 bits per heavy atom. The predicted molar refractivity (Wildman–Crippen MR) is 53.7 cm³/mol. The maximum absolute atomic E-state index is 10.4. The van der Waals surface area contributed by atoms with Crippen LogP contribution in [-0.4, -0.2) is 5.24 Å². The fraction of sp³-hybridized carbons (Fsp3) is 0.222. The van der Waals surface area contributed by atoms with Crippen molar-refractivity contribution in [3.05, 3.63) is 27.5 Å². The first-order chi connectivity index (χ1) is 5.59. The van der Waals surface area contributed by atoms with Gasteiger partial charge in [-0.25, -0.2) is 0 Å². The number of aryl methyl sites for hydroxylation is 2. The van der Waals surface area contributed by atoms with Gasteiger partial charge in [-0.3, -0.25) is 4.79 Å². The Morgan fingerprint density at radius 3 is 2.67 bits per heavy atom. The third-order valence-corrected chi connectivity index (χ3v) is 2.58. The van der Waals surface area contributed by atoms with Crippen LogP contribution >= 0.6 is 22.9 Å². The summed E-state index contributed by atoms with van der Waals surface area (Å²) in [6.45, 7) is 4.06. The lowest BCUT2D eigenvalue weighted by Gasteiger charge is -1.85. The second-order valence-corrected chi connectivity index (χ2v) is 4.34. The molecular formula is C9H9ClOS. The molecule has 1 heterocycles. The number of carbonyl (C=O) groups is 1. The Bertz CT molecular complexity index is 325. The van der Waals surface area contributed by atoms with Gasteiger partial charge < -0.3 is 0 Å². The van der Waals surface area contributed by atoms with Crippen LogP contribution in [0.1, 0.15) is 15.3 Å². The van der Waals surface area contributed by atoms with E-state index in [1.165, 1.54) is 15.8 Å². The van der Waals surface area contributed by atoms with E-state index in [0.29, 0.717) is 0 Å². The number of hydrogen-bond donors (Lipinski definition) is 0. The summed E-state index contributed by atoms with van der Waals surface area (Å²) in [4.78, 5) is 12.9. The molecular weight excluding hydrogens is 192 g/mol. The van der Waals surface area contributed by atoms with E-state index in [0.717, 1.165) is 5.56 Å². The Hall–Kier alpha value is -0.600. The fourth-order valence-corrected chi connectivity index (χ4v) is 1.95. The SMILES string of the molecule is Cc1cc(/C=C/C(=O)Cl)c(C)s1. The van der Waals surface area contributed by atoms with E-state index >= 15 is 0 Å². The summed E-state index contributed by atoms with van der Waals surface area (Å²) in [6, 6.07) is 2.04. The first kappa shape index (κ1) is 9.49. The molecule has 0 aliphatic carbocycles. The summed E-state index contributed by atoms with van der Waals surface area (Å²) >= 11 is 6.88. The summed E-state index contributed by atoms with van der Waals surface area (Å²) in [5.74, 6) is 0. The molecule has 0 aliphatic heterocycles. The van der Waals surface area contributed by atoms with Crippen LogP contribution in [0.25, 0.3) is 6.08 Å². The number of rotatable bonds is 2. The van der Waals surface area contributed by atoms with Gasteiger partial charge in [-0.2, -0.15) is 0 Å². The van der Waals surface area contributed by atoms with E-state index in [9.17, 15) is 4.79 Å². The first-order valence-corrected chi connectivity index (χ1v) is 4.73. The van der Waals surface area contributed by atoms with Crippen LogP contribution in [0.2, 0.25) is 0 Å². The molecule has 0 aromatic carbocycles. The van der Waals surface area contributed by atoms with Gasteiger partial charge in [-0.1, -0.05) is 0 Å². The third kappa shape index (κ3) is 2.47. The van der Waals surface area contributed by atoms with E-state index in [-0.39, 0.29) is 0 Å². The fourth-order valence-electron chi connectivity index (χ4n) is 0.971. The Balaban J connectivity index is 2.89. The average molecular weight is 201 g/mol. The molecule has 64 valence electrons. The highest BCUT2D eigenvalue weighted by Crippen LogP contribution is 2.21. The normalized spacial score (nSPS) is 10.9. The van der Waals surface area contributed by atoms with Gasteiger partial charge in [0.05, 0.1) is 0 Å². The molecule has 1 rings (SSSR count). The number of carbonyl (C=O) groups excluding carboxylic acids is 1. The Labute approximate surface area is 80.7 Å². The zero-order chi connectivity index (χ0) is 9.14. The van der Waals surface area contributed by atoms with Gasteiger partial charge in [-0.05, 0) is 49.2 Å². The van der Waals surface area contributed by atoms with Crippen molar-refractivity contribution in [3.63, 3.8) is 0 Å². The first-order valence-electron chi connectivity index (χ1n) is 3.54. The summed E-state index contributed by atoms with van der Waals surface area (Å²) < 4.78 is 0. The molecule has 0 bridgehead atoms. The molecule has 1 aromatic heterocycles. The van der Waals surface area contributed by atoms with Crippen molar-refractivity contribution in [2.75, 3.05) is 0 Å². The Kier molecular flexibility index (Phi) is 3.06. The molecule has 0 aliphatic rings. The van der Waals surface area contributed by atoms with Gasteiger partial charge in [-0.15, -0.1) is 11.3 Å². The molecule has 0 saturated carbocycles. The molecule has 0 fully saturated rings. The molecule has 0 atom stereocenters. The van der Waals surface area contributed by atoms with Crippen molar-refractivity contribution in [1.82, 2.24) is 0 Å². The van der Waals surface area contributed by atoms with Crippen molar-refractivity contribution >= 4 is 34.3 Å². The van der Waals surface area contributed by atoms with Crippen molar-refractivity contribution in [1.29, 1.82) is 0 Å². The van der Waals surface area contributed by atoms with Crippen LogP contribution in [0.15, 0.2) is 12.1 Å². The molecule has 0 radical (unpaired) electrons. The maximum Gasteiger partial charge on any atom is 0.245 e. The predicted octanol–water partition coefficient (Wildman–Crippen LogP) is 3.14. The molecule has 3 heteroatoms. The van der Waals surface area contributed by atoms with E-state index in [1.807, 2.05) is 19.9 Å². The molecule has 0 N–H and O–H groups in total. The number of thiophene rings is 1. The van der Waals surface area contributed by atoms with Gasteiger partial charge in [0.1, 0.15) is 0 Å². The van der Waals surface area contributed by atoms with Crippen LogP contribution in [0.4, 0.5) is 0 Å². The lowest BCUT2D eigenvalue weighted by molar-refractivity contribution is -0.107. The second kappa shape index (κ2) is 3.87. The minimum atomic E-state index is -0.432. The quantitative estimate of drug-likeness (QED) is 0.530. The number of hydrogen-bond acceptors (Lipinski definition) is 2. The number of allylic oxidation sites excluding steroid dienone is 1. The van der Waals surface area contributed by atoms with Crippen LogP contribution in [-0.2, 0) is 4.79 Å². The Morgan fingerprint density at radius 1 is 1.58 bits per heavy atom. The molecule has 1 nitrogen and oxygen atoms in total. The van der Waals surface area contributed by atoms with Gasteiger partial charge in [0.15, 0.2) is 0 Å². The van der Waals surface area contributed by atoms with Crippen molar-refractivity contribution in [3.8, 4) is 0 Å². The highest BCUT2D eigenvalue weighted by atomic mass is 35.5. The van der Waals surface area contributed by atoms with E-state index in [2.05, 4.69) is 0 Å².